The molecule has 0 radical (unpaired) electrons. The molecule has 140 valence electrons. The van der Waals surface area contributed by atoms with E-state index in [1.807, 2.05) is 24.9 Å². The quantitative estimate of drug-likeness (QED) is 0.633. The molecule has 2 atom stereocenters. The van der Waals surface area contributed by atoms with Crippen molar-refractivity contribution in [2.75, 3.05) is 26.2 Å². The summed E-state index contributed by atoms with van der Waals surface area (Å²) in [6.07, 6.45) is 4.30. The van der Waals surface area contributed by atoms with Crippen molar-refractivity contribution in [1.82, 2.24) is 20.0 Å². The number of guanidine groups is 1. The first-order valence-corrected chi connectivity index (χ1v) is 9.02. The first-order chi connectivity index (χ1) is 12.6. The number of aryl methyl sites for hydroxylation is 1. The Bertz CT molecular complexity index is 743. The predicted octanol–water partition coefficient (Wildman–Crippen LogP) is 2.05. The second-order valence-electron chi connectivity index (χ2n) is 6.64. The summed E-state index contributed by atoms with van der Waals surface area (Å²) in [7, 11) is 1.93. The summed E-state index contributed by atoms with van der Waals surface area (Å²) in [6, 6.07) is 5.90. The number of nitrogens with one attached hydrogen (secondary N) is 1. The molecule has 1 aliphatic rings. The second kappa shape index (κ2) is 8.31. The van der Waals surface area contributed by atoms with Gasteiger partial charge in [0.2, 0.25) is 0 Å². The molecule has 0 saturated carbocycles. The number of hydrogen-bond acceptors (Lipinski definition) is 3. The number of nitrogens with zero attached hydrogens (tertiary/aromatic N) is 4. The lowest BCUT2D eigenvalue weighted by Crippen LogP contribution is -2.40. The number of aliphatic hydroxyl groups is 1. The highest BCUT2D eigenvalue weighted by Crippen LogP contribution is 2.26. The number of likely N-dealkylation sites (tertiary alicyclic amines) is 1. The molecular formula is C19H26FN5O. The number of aromatic nitrogens is 2. The van der Waals surface area contributed by atoms with Crippen molar-refractivity contribution in [2.45, 2.75) is 25.4 Å². The molecule has 2 N–H and O–H groups in total. The fourth-order valence-corrected chi connectivity index (χ4v) is 3.26. The summed E-state index contributed by atoms with van der Waals surface area (Å²) in [5.41, 5.74) is 1.91. The molecule has 7 heteroatoms. The number of hydrogen-bond donors (Lipinski definition) is 2. The summed E-state index contributed by atoms with van der Waals surface area (Å²) in [5, 5.41) is 17.9. The molecule has 0 amide bonds. The molecule has 0 spiro atoms. The van der Waals surface area contributed by atoms with Crippen LogP contribution >= 0.6 is 0 Å². The normalized spacial score (nSPS) is 19.0. The maximum atomic E-state index is 13.0. The Morgan fingerprint density at radius 1 is 1.42 bits per heavy atom. The zero-order valence-corrected chi connectivity index (χ0v) is 15.3. The minimum Gasteiger partial charge on any atom is -0.386 e. The van der Waals surface area contributed by atoms with E-state index in [0.29, 0.717) is 11.5 Å². The first kappa shape index (κ1) is 18.4. The monoisotopic (exact) mass is 359 g/mol. The average molecular weight is 359 g/mol. The van der Waals surface area contributed by atoms with Gasteiger partial charge < -0.3 is 15.3 Å². The van der Waals surface area contributed by atoms with Crippen LogP contribution in [-0.4, -0.2) is 51.9 Å². The van der Waals surface area contributed by atoms with Crippen LogP contribution in [0.5, 0.6) is 0 Å². The maximum absolute atomic E-state index is 13.0. The molecule has 0 bridgehead atoms. The lowest BCUT2D eigenvalue weighted by atomic mass is 10.0. The third-order valence-corrected chi connectivity index (χ3v) is 4.69. The number of aliphatic hydroxyl groups excluding tert-OH is 1. The van der Waals surface area contributed by atoms with Crippen LogP contribution in [0.15, 0.2) is 41.7 Å². The van der Waals surface area contributed by atoms with Crippen LogP contribution in [0.3, 0.4) is 0 Å². The molecule has 1 saturated heterocycles. The number of rotatable bonds is 5. The van der Waals surface area contributed by atoms with Gasteiger partial charge in [-0.05, 0) is 36.6 Å². The van der Waals surface area contributed by atoms with E-state index in [1.165, 1.54) is 17.7 Å². The molecule has 26 heavy (non-hydrogen) atoms. The van der Waals surface area contributed by atoms with Gasteiger partial charge in [0.1, 0.15) is 5.82 Å². The van der Waals surface area contributed by atoms with E-state index in [-0.39, 0.29) is 12.4 Å². The molecule has 2 heterocycles. The van der Waals surface area contributed by atoms with Crippen molar-refractivity contribution in [1.29, 1.82) is 0 Å². The van der Waals surface area contributed by atoms with Crippen molar-refractivity contribution in [3.8, 4) is 0 Å². The van der Waals surface area contributed by atoms with Crippen LogP contribution in [-0.2, 0) is 7.05 Å². The third-order valence-electron chi connectivity index (χ3n) is 4.69. The molecule has 1 fully saturated rings. The number of benzene rings is 1. The van der Waals surface area contributed by atoms with Crippen molar-refractivity contribution in [2.24, 2.45) is 12.0 Å². The van der Waals surface area contributed by atoms with Gasteiger partial charge in [0.25, 0.3) is 0 Å². The van der Waals surface area contributed by atoms with E-state index < -0.39 is 6.10 Å². The first-order valence-electron chi connectivity index (χ1n) is 9.02. The van der Waals surface area contributed by atoms with Crippen LogP contribution in [0.1, 0.15) is 36.5 Å². The zero-order valence-electron chi connectivity index (χ0n) is 15.3. The van der Waals surface area contributed by atoms with E-state index in [1.54, 1.807) is 12.1 Å². The smallest absolute Gasteiger partial charge is 0.194 e. The Hall–Kier alpha value is -2.41. The van der Waals surface area contributed by atoms with Gasteiger partial charge in [-0.3, -0.25) is 9.67 Å². The molecule has 1 aromatic carbocycles. The fraction of sp³-hybridized carbons (Fsp3) is 0.474. The van der Waals surface area contributed by atoms with E-state index in [9.17, 15) is 9.50 Å². The van der Waals surface area contributed by atoms with Crippen LogP contribution in [0.25, 0.3) is 0 Å². The Labute approximate surface area is 153 Å². The van der Waals surface area contributed by atoms with E-state index in [0.717, 1.165) is 32.0 Å². The van der Waals surface area contributed by atoms with Crippen molar-refractivity contribution in [3.63, 3.8) is 0 Å². The standard InChI is InChI=1S/C19H26FN5O/c1-3-21-19(22-11-18(26)14-4-6-17(20)7-5-14)25-9-8-15(13-25)16-10-23-24(2)12-16/h4-7,10,12,15,18,26H,3,8-9,11,13H2,1-2H3,(H,21,22). The summed E-state index contributed by atoms with van der Waals surface area (Å²) in [4.78, 5) is 6.82. The van der Waals surface area contributed by atoms with E-state index >= 15 is 0 Å². The lowest BCUT2D eigenvalue weighted by molar-refractivity contribution is 0.186. The Morgan fingerprint density at radius 2 is 2.19 bits per heavy atom. The summed E-state index contributed by atoms with van der Waals surface area (Å²) in [6.45, 7) is 4.82. The average Bonchev–Trinajstić information content (AvgIpc) is 3.28. The molecule has 0 aliphatic carbocycles. The minimum atomic E-state index is -0.749. The number of halogens is 1. The fourth-order valence-electron chi connectivity index (χ4n) is 3.26. The van der Waals surface area contributed by atoms with Gasteiger partial charge in [-0.2, -0.15) is 5.10 Å². The largest absolute Gasteiger partial charge is 0.386 e. The molecule has 1 aromatic heterocycles. The highest BCUT2D eigenvalue weighted by Gasteiger charge is 2.27. The Kier molecular flexibility index (Phi) is 5.88. The molecule has 2 unspecified atom stereocenters. The molecule has 1 aliphatic heterocycles. The van der Waals surface area contributed by atoms with Crippen LogP contribution in [0, 0.1) is 5.82 Å². The predicted molar refractivity (Wildman–Crippen MR) is 99.5 cm³/mol. The van der Waals surface area contributed by atoms with Gasteiger partial charge in [0, 0.05) is 38.8 Å². The van der Waals surface area contributed by atoms with Crippen molar-refractivity contribution >= 4 is 5.96 Å². The summed E-state index contributed by atoms with van der Waals surface area (Å²) >= 11 is 0. The lowest BCUT2D eigenvalue weighted by Gasteiger charge is -2.22. The topological polar surface area (TPSA) is 65.7 Å². The zero-order chi connectivity index (χ0) is 18.5. The highest BCUT2D eigenvalue weighted by molar-refractivity contribution is 5.80. The van der Waals surface area contributed by atoms with Crippen LogP contribution < -0.4 is 5.32 Å². The van der Waals surface area contributed by atoms with Gasteiger partial charge in [0.15, 0.2) is 5.96 Å². The highest BCUT2D eigenvalue weighted by atomic mass is 19.1. The molecule has 6 nitrogen and oxygen atoms in total. The molecule has 3 rings (SSSR count). The third kappa shape index (κ3) is 4.40. The Balaban J connectivity index is 1.64. The minimum absolute atomic E-state index is 0.238. The summed E-state index contributed by atoms with van der Waals surface area (Å²) in [5.74, 6) is 0.936. The Morgan fingerprint density at radius 3 is 2.85 bits per heavy atom. The van der Waals surface area contributed by atoms with E-state index in [2.05, 4.69) is 26.5 Å². The number of aliphatic imine (C=N–C) groups is 1. The van der Waals surface area contributed by atoms with Gasteiger partial charge in [-0.1, -0.05) is 12.1 Å². The summed E-state index contributed by atoms with van der Waals surface area (Å²) < 4.78 is 14.8. The van der Waals surface area contributed by atoms with Crippen molar-refractivity contribution in [3.05, 3.63) is 53.6 Å². The van der Waals surface area contributed by atoms with Crippen LogP contribution in [0.4, 0.5) is 4.39 Å². The van der Waals surface area contributed by atoms with Gasteiger partial charge in [0.05, 0.1) is 18.8 Å². The van der Waals surface area contributed by atoms with Gasteiger partial charge >= 0.3 is 0 Å². The van der Waals surface area contributed by atoms with Crippen molar-refractivity contribution < 1.29 is 9.50 Å². The SMILES string of the molecule is CCNC(=NCC(O)c1ccc(F)cc1)N1CCC(c2cnn(C)c2)C1. The second-order valence-corrected chi connectivity index (χ2v) is 6.64. The van der Waals surface area contributed by atoms with Gasteiger partial charge in [-0.15, -0.1) is 0 Å². The maximum Gasteiger partial charge on any atom is 0.194 e. The van der Waals surface area contributed by atoms with E-state index in [4.69, 9.17) is 0 Å². The van der Waals surface area contributed by atoms with Gasteiger partial charge in [-0.25, -0.2) is 4.39 Å². The van der Waals surface area contributed by atoms with Crippen LogP contribution in [0.2, 0.25) is 0 Å². The molecule has 2 aromatic rings. The molecular weight excluding hydrogens is 333 g/mol.